The third-order valence-corrected chi connectivity index (χ3v) is 12.1. The number of likely N-dealkylation sites (N-methyl/N-ethyl adjacent to an activating group) is 1. The van der Waals surface area contributed by atoms with Crippen molar-refractivity contribution in [3.63, 3.8) is 0 Å². The second-order valence-electron chi connectivity index (χ2n) is 16.1. The molecule has 12 nitrogen and oxygen atoms in total. The summed E-state index contributed by atoms with van der Waals surface area (Å²) in [7, 11) is 1.95. The largest absolute Gasteiger partial charge is 0.481 e. The number of ether oxygens (including phenoxy) is 1. The van der Waals surface area contributed by atoms with E-state index in [1.165, 1.54) is 30.4 Å². The van der Waals surface area contributed by atoms with Gasteiger partial charge in [0.2, 0.25) is 11.8 Å². The Bertz CT molecular complexity index is 1600. The maximum atomic E-state index is 14.8. The van der Waals surface area contributed by atoms with Crippen LogP contribution in [-0.4, -0.2) is 93.9 Å². The van der Waals surface area contributed by atoms with Gasteiger partial charge >= 0.3 is 11.9 Å². The number of aromatic nitrogens is 1. The lowest BCUT2D eigenvalue weighted by Crippen LogP contribution is -2.59. The molecule has 3 rings (SSSR count). The number of carboxylic acid groups (broad SMARTS) is 1. The van der Waals surface area contributed by atoms with E-state index in [1.807, 2.05) is 39.6 Å². The predicted octanol–water partition coefficient (Wildman–Crippen LogP) is 7.18. The van der Waals surface area contributed by atoms with Crippen LogP contribution in [0.2, 0.25) is 0 Å². The van der Waals surface area contributed by atoms with Gasteiger partial charge in [0, 0.05) is 37.4 Å². The maximum Gasteiger partial charge on any atom is 0.306 e. The first-order valence-electron chi connectivity index (χ1n) is 20.8. The van der Waals surface area contributed by atoms with Crippen molar-refractivity contribution in [3.05, 3.63) is 51.7 Å². The number of hydrogen-bond acceptors (Lipinski definition) is 9. The minimum atomic E-state index is -0.999. The van der Waals surface area contributed by atoms with E-state index in [1.54, 1.807) is 24.4 Å². The summed E-state index contributed by atoms with van der Waals surface area (Å²) in [5.41, 5.74) is 0.818. The van der Waals surface area contributed by atoms with Crippen LogP contribution in [0.25, 0.3) is 0 Å². The Hall–Kier alpha value is -3.91. The maximum absolute atomic E-state index is 14.8. The normalized spacial score (nSPS) is 17.8. The van der Waals surface area contributed by atoms with Gasteiger partial charge in [-0.15, -0.1) is 11.3 Å². The first-order valence-corrected chi connectivity index (χ1v) is 21.7. The van der Waals surface area contributed by atoms with Crippen LogP contribution in [0.3, 0.4) is 0 Å². The van der Waals surface area contributed by atoms with Gasteiger partial charge in [0.15, 0.2) is 6.10 Å². The molecule has 0 aliphatic carbocycles. The highest BCUT2D eigenvalue weighted by Crippen LogP contribution is 2.32. The third kappa shape index (κ3) is 14.8. The van der Waals surface area contributed by atoms with Crippen molar-refractivity contribution in [2.45, 2.75) is 149 Å². The van der Waals surface area contributed by atoms with Crippen molar-refractivity contribution in [1.29, 1.82) is 0 Å². The molecule has 0 saturated carbocycles. The molecular formula is C43H66FN5O7S. The van der Waals surface area contributed by atoms with E-state index in [0.717, 1.165) is 57.1 Å². The van der Waals surface area contributed by atoms with Crippen LogP contribution in [0.1, 0.15) is 140 Å². The van der Waals surface area contributed by atoms with Crippen LogP contribution >= 0.6 is 11.3 Å². The number of benzene rings is 1. The summed E-state index contributed by atoms with van der Waals surface area (Å²) in [6, 6.07) is 3.82. The number of carbonyl (C=O) groups excluding carboxylic acids is 4. The van der Waals surface area contributed by atoms with Crippen molar-refractivity contribution in [2.75, 3.05) is 20.1 Å². The monoisotopic (exact) mass is 815 g/mol. The van der Waals surface area contributed by atoms with Gasteiger partial charge in [0.1, 0.15) is 22.6 Å². The number of nitrogens with zero attached hydrogens (tertiary/aromatic N) is 3. The SMILES string of the molecule is CCCCCCN(C(=O)[C@@H](NC(=O)[C@H]1CCCCN1C)[C@@H](C)CC)[C@H](C[C@@H](OC(C)=O)c1nc(C(=O)N[C@@H](Cc2ccc(F)cc2)C[C@H](C)C(=O)O)cs1)C(C)C. The molecule has 0 spiro atoms. The van der Waals surface area contributed by atoms with Crippen LogP contribution in [0.15, 0.2) is 29.6 Å². The Kier molecular flexibility index (Phi) is 19.6. The second kappa shape index (κ2) is 23.5. The number of hydrogen-bond donors (Lipinski definition) is 3. The first-order chi connectivity index (χ1) is 27.1. The number of esters is 1. The molecule has 0 bridgehead atoms. The number of piperidine rings is 1. The van der Waals surface area contributed by atoms with Gasteiger partial charge < -0.3 is 25.4 Å². The molecule has 7 atom stereocenters. The molecule has 3 amide bonds. The van der Waals surface area contributed by atoms with Crippen LogP contribution in [0.4, 0.5) is 4.39 Å². The molecule has 57 heavy (non-hydrogen) atoms. The fraction of sp³-hybridized carbons (Fsp3) is 0.674. The summed E-state index contributed by atoms with van der Waals surface area (Å²) in [5.74, 6) is -3.69. The third-order valence-electron chi connectivity index (χ3n) is 11.1. The lowest BCUT2D eigenvalue weighted by molar-refractivity contribution is -0.150. The van der Waals surface area contributed by atoms with Crippen molar-refractivity contribution in [3.8, 4) is 0 Å². The average molecular weight is 816 g/mol. The molecule has 318 valence electrons. The number of carboxylic acids is 1. The number of likely N-dealkylation sites (tertiary alicyclic amines) is 1. The molecule has 3 N–H and O–H groups in total. The minimum absolute atomic E-state index is 0.0675. The molecule has 14 heteroatoms. The molecule has 2 heterocycles. The lowest BCUT2D eigenvalue weighted by atomic mass is 9.91. The highest BCUT2D eigenvalue weighted by molar-refractivity contribution is 7.09. The zero-order chi connectivity index (χ0) is 42.2. The van der Waals surface area contributed by atoms with Gasteiger partial charge in [-0.1, -0.05) is 85.8 Å². The van der Waals surface area contributed by atoms with Crippen LogP contribution < -0.4 is 10.6 Å². The first kappa shape index (κ1) is 47.5. The lowest BCUT2D eigenvalue weighted by Gasteiger charge is -2.40. The van der Waals surface area contributed by atoms with Crippen molar-refractivity contribution < 1.29 is 38.2 Å². The van der Waals surface area contributed by atoms with E-state index in [-0.39, 0.29) is 54.6 Å². The van der Waals surface area contributed by atoms with Gasteiger partial charge in [-0.05, 0) is 75.2 Å². The van der Waals surface area contributed by atoms with Crippen molar-refractivity contribution >= 4 is 41.0 Å². The van der Waals surface area contributed by atoms with Crippen LogP contribution in [0, 0.1) is 23.6 Å². The Morgan fingerprint density at radius 1 is 1.02 bits per heavy atom. The Balaban J connectivity index is 1.92. The molecule has 1 fully saturated rings. The molecule has 0 radical (unpaired) electrons. The Morgan fingerprint density at radius 3 is 2.32 bits per heavy atom. The second-order valence-corrected chi connectivity index (χ2v) is 17.0. The average Bonchev–Trinajstić information content (AvgIpc) is 3.67. The fourth-order valence-electron chi connectivity index (χ4n) is 7.47. The topological polar surface area (TPSA) is 158 Å². The van der Waals surface area contributed by atoms with Crippen LogP contribution in [0.5, 0.6) is 0 Å². The smallest absolute Gasteiger partial charge is 0.306 e. The highest BCUT2D eigenvalue weighted by atomic mass is 32.1. The predicted molar refractivity (Wildman–Crippen MR) is 220 cm³/mol. The summed E-state index contributed by atoms with van der Waals surface area (Å²) < 4.78 is 19.5. The number of nitrogens with one attached hydrogen (secondary N) is 2. The standard InChI is InChI=1S/C43H66FN5O7S/c1-9-11-12-14-22-49(42(53)38(28(5)10-2)47-40(52)35-16-13-15-21-48(35)8)36(27(3)4)25-37(56-30(7)50)41-46-34(26-57-41)39(51)45-33(23-29(6)43(54)55)24-31-17-19-32(44)20-18-31/h17-20,26-29,33,35-38H,9-16,21-25H2,1-8H3,(H,45,51)(H,47,52)(H,54,55)/t28-,29-,33+,35+,36+,37+,38-/m0/s1. The molecule has 1 aliphatic heterocycles. The van der Waals surface area contributed by atoms with E-state index < -0.39 is 53.8 Å². The number of thiazole rings is 1. The van der Waals surface area contributed by atoms with E-state index in [0.29, 0.717) is 18.0 Å². The number of aliphatic carboxylic acids is 1. The van der Waals surface area contributed by atoms with Gasteiger partial charge in [0.25, 0.3) is 5.91 Å². The van der Waals surface area contributed by atoms with Crippen LogP contribution in [-0.2, 0) is 30.3 Å². The summed E-state index contributed by atoms with van der Waals surface area (Å²) in [6.07, 6.45) is 6.96. The molecule has 1 aliphatic rings. The van der Waals surface area contributed by atoms with Gasteiger partial charge in [0.05, 0.1) is 12.0 Å². The quantitative estimate of drug-likeness (QED) is 0.0781. The van der Waals surface area contributed by atoms with E-state index in [2.05, 4.69) is 27.4 Å². The number of unbranched alkanes of at least 4 members (excludes halogenated alkanes) is 3. The zero-order valence-electron chi connectivity index (χ0n) is 35.2. The Labute approximate surface area is 342 Å². The summed E-state index contributed by atoms with van der Waals surface area (Å²) >= 11 is 1.17. The molecule has 1 saturated heterocycles. The molecule has 0 unspecified atom stereocenters. The van der Waals surface area contributed by atoms with E-state index >= 15 is 0 Å². The van der Waals surface area contributed by atoms with Crippen molar-refractivity contribution in [2.24, 2.45) is 17.8 Å². The van der Waals surface area contributed by atoms with Crippen molar-refractivity contribution in [1.82, 2.24) is 25.4 Å². The highest BCUT2D eigenvalue weighted by Gasteiger charge is 2.38. The molecular weight excluding hydrogens is 750 g/mol. The summed E-state index contributed by atoms with van der Waals surface area (Å²) in [4.78, 5) is 75.0. The van der Waals surface area contributed by atoms with Gasteiger partial charge in [-0.25, -0.2) is 9.37 Å². The van der Waals surface area contributed by atoms with Gasteiger partial charge in [-0.3, -0.25) is 28.9 Å². The Morgan fingerprint density at radius 2 is 1.72 bits per heavy atom. The van der Waals surface area contributed by atoms with E-state index in [9.17, 15) is 33.5 Å². The summed E-state index contributed by atoms with van der Waals surface area (Å²) in [6.45, 7) is 14.4. The number of carbonyl (C=O) groups is 5. The molecule has 1 aromatic heterocycles. The van der Waals surface area contributed by atoms with E-state index in [4.69, 9.17) is 4.74 Å². The summed E-state index contributed by atoms with van der Waals surface area (Å²) in [5, 5.41) is 17.6. The zero-order valence-corrected chi connectivity index (χ0v) is 36.0. The number of rotatable bonds is 23. The fourth-order valence-corrected chi connectivity index (χ4v) is 8.31. The van der Waals surface area contributed by atoms with Gasteiger partial charge in [-0.2, -0.15) is 0 Å². The number of halogens is 1. The molecule has 1 aromatic carbocycles. The molecule has 2 aromatic rings. The minimum Gasteiger partial charge on any atom is -0.481 e. The number of amides is 3.